The van der Waals surface area contributed by atoms with Crippen LogP contribution in [0.15, 0.2) is 24.3 Å². The molecule has 1 nitrogen and oxygen atoms in total. The summed E-state index contributed by atoms with van der Waals surface area (Å²) in [5.74, 6) is 0. The Morgan fingerprint density at radius 3 is 2.69 bits per heavy atom. The number of nitrogens with zero attached hydrogens (tertiary/aromatic N) is 1. The van der Waals surface area contributed by atoms with E-state index in [0.717, 1.165) is 12.1 Å². The van der Waals surface area contributed by atoms with E-state index < -0.39 is 0 Å². The first-order chi connectivity index (χ1) is 7.66. The molecule has 16 heavy (non-hydrogen) atoms. The van der Waals surface area contributed by atoms with Gasteiger partial charge in [0.15, 0.2) is 0 Å². The lowest BCUT2D eigenvalue weighted by Crippen LogP contribution is -1.91. The van der Waals surface area contributed by atoms with Gasteiger partial charge in [-0.1, -0.05) is 24.3 Å². The standard InChI is InChI=1S/C15H15N/c1-9-5-4-6-13-14(9)8-12-7-10(2)11(3)16-15(12)13/h4-7H,8H2,1-3H3. The van der Waals surface area contributed by atoms with Gasteiger partial charge in [-0.15, -0.1) is 0 Å². The number of benzene rings is 1. The Balaban J connectivity index is 2.30. The molecule has 0 spiro atoms. The van der Waals surface area contributed by atoms with E-state index in [2.05, 4.69) is 45.0 Å². The molecule has 1 aliphatic rings. The van der Waals surface area contributed by atoms with Crippen LogP contribution in [0.5, 0.6) is 0 Å². The molecule has 1 heterocycles. The van der Waals surface area contributed by atoms with Gasteiger partial charge in [0.2, 0.25) is 0 Å². The maximum atomic E-state index is 4.74. The van der Waals surface area contributed by atoms with Gasteiger partial charge in [-0.2, -0.15) is 0 Å². The third-order valence-corrected chi connectivity index (χ3v) is 3.58. The van der Waals surface area contributed by atoms with Gasteiger partial charge in [0.05, 0.1) is 5.69 Å². The Bertz CT molecular complexity index is 582. The summed E-state index contributed by atoms with van der Waals surface area (Å²) in [6, 6.07) is 8.79. The van der Waals surface area contributed by atoms with Gasteiger partial charge < -0.3 is 0 Å². The van der Waals surface area contributed by atoms with Gasteiger partial charge in [0.25, 0.3) is 0 Å². The zero-order valence-corrected chi connectivity index (χ0v) is 9.96. The summed E-state index contributed by atoms with van der Waals surface area (Å²) in [6.45, 7) is 6.41. The molecule has 0 radical (unpaired) electrons. The summed E-state index contributed by atoms with van der Waals surface area (Å²) in [6.07, 6.45) is 1.05. The molecule has 3 rings (SSSR count). The summed E-state index contributed by atoms with van der Waals surface area (Å²) in [5, 5.41) is 0. The lowest BCUT2D eigenvalue weighted by molar-refractivity contribution is 1.12. The molecule has 1 heteroatoms. The van der Waals surface area contributed by atoms with Crippen molar-refractivity contribution in [3.05, 3.63) is 52.2 Å². The average molecular weight is 209 g/mol. The van der Waals surface area contributed by atoms with Crippen molar-refractivity contribution in [3.63, 3.8) is 0 Å². The molecule has 1 aromatic carbocycles. The smallest absolute Gasteiger partial charge is 0.0743 e. The molecular weight excluding hydrogens is 194 g/mol. The van der Waals surface area contributed by atoms with E-state index >= 15 is 0 Å². The van der Waals surface area contributed by atoms with E-state index in [9.17, 15) is 0 Å². The fourth-order valence-electron chi connectivity index (χ4n) is 2.48. The maximum absolute atomic E-state index is 4.74. The topological polar surface area (TPSA) is 12.9 Å². The third-order valence-electron chi connectivity index (χ3n) is 3.58. The zero-order valence-electron chi connectivity index (χ0n) is 9.96. The minimum absolute atomic E-state index is 1.05. The van der Waals surface area contributed by atoms with Gasteiger partial charge in [-0.05, 0) is 43.0 Å². The second-order valence-electron chi connectivity index (χ2n) is 4.68. The molecule has 0 unspecified atom stereocenters. The van der Waals surface area contributed by atoms with Crippen molar-refractivity contribution >= 4 is 0 Å². The second-order valence-corrected chi connectivity index (χ2v) is 4.68. The van der Waals surface area contributed by atoms with Crippen LogP contribution in [0, 0.1) is 20.8 Å². The molecule has 1 aliphatic carbocycles. The van der Waals surface area contributed by atoms with Gasteiger partial charge in [0, 0.05) is 17.7 Å². The highest BCUT2D eigenvalue weighted by atomic mass is 14.7. The molecule has 0 fully saturated rings. The van der Waals surface area contributed by atoms with Crippen molar-refractivity contribution in [3.8, 4) is 11.3 Å². The van der Waals surface area contributed by atoms with Crippen LogP contribution in [0.3, 0.4) is 0 Å². The molecule has 0 atom stereocenters. The maximum Gasteiger partial charge on any atom is 0.0743 e. The molecule has 0 saturated carbocycles. The molecular formula is C15H15N. The normalized spacial score (nSPS) is 12.4. The van der Waals surface area contributed by atoms with Crippen molar-refractivity contribution in [2.45, 2.75) is 27.2 Å². The summed E-state index contributed by atoms with van der Waals surface area (Å²) in [4.78, 5) is 4.74. The second kappa shape index (κ2) is 3.18. The molecule has 1 aromatic heterocycles. The van der Waals surface area contributed by atoms with Crippen LogP contribution in [0.4, 0.5) is 0 Å². The SMILES string of the molecule is Cc1cc2c(nc1C)-c1cccc(C)c1C2. The number of fused-ring (bicyclic) bond motifs is 3. The summed E-state index contributed by atoms with van der Waals surface area (Å²) in [5.41, 5.74) is 9.19. The predicted octanol–water partition coefficient (Wildman–Crippen LogP) is 3.58. The summed E-state index contributed by atoms with van der Waals surface area (Å²) >= 11 is 0. The first kappa shape index (κ1) is 9.59. The molecule has 0 amide bonds. The Labute approximate surface area is 96.2 Å². The minimum Gasteiger partial charge on any atom is -0.253 e. The first-order valence-electron chi connectivity index (χ1n) is 5.73. The number of hydrogen-bond acceptors (Lipinski definition) is 1. The highest BCUT2D eigenvalue weighted by Gasteiger charge is 2.21. The van der Waals surface area contributed by atoms with E-state index in [1.54, 1.807) is 0 Å². The lowest BCUT2D eigenvalue weighted by Gasteiger charge is -2.04. The van der Waals surface area contributed by atoms with Crippen molar-refractivity contribution < 1.29 is 0 Å². The van der Waals surface area contributed by atoms with Crippen LogP contribution >= 0.6 is 0 Å². The van der Waals surface area contributed by atoms with Gasteiger partial charge in [-0.25, -0.2) is 0 Å². The molecule has 0 saturated heterocycles. The van der Waals surface area contributed by atoms with E-state index in [4.69, 9.17) is 4.98 Å². The number of aryl methyl sites for hydroxylation is 3. The predicted molar refractivity (Wildman–Crippen MR) is 66.7 cm³/mol. The Morgan fingerprint density at radius 2 is 1.88 bits per heavy atom. The molecule has 80 valence electrons. The first-order valence-corrected chi connectivity index (χ1v) is 5.73. The fraction of sp³-hybridized carbons (Fsp3) is 0.267. The van der Waals surface area contributed by atoms with Crippen LogP contribution in [0.25, 0.3) is 11.3 Å². The molecule has 0 bridgehead atoms. The van der Waals surface area contributed by atoms with Crippen LogP contribution < -0.4 is 0 Å². The van der Waals surface area contributed by atoms with E-state index in [0.29, 0.717) is 0 Å². The van der Waals surface area contributed by atoms with Crippen molar-refractivity contribution in [2.24, 2.45) is 0 Å². The van der Waals surface area contributed by atoms with Gasteiger partial charge in [-0.3, -0.25) is 4.98 Å². The largest absolute Gasteiger partial charge is 0.253 e. The van der Waals surface area contributed by atoms with E-state index in [1.807, 2.05) is 0 Å². The third kappa shape index (κ3) is 1.21. The van der Waals surface area contributed by atoms with Crippen LogP contribution in [0.2, 0.25) is 0 Å². The van der Waals surface area contributed by atoms with Crippen molar-refractivity contribution in [2.75, 3.05) is 0 Å². The van der Waals surface area contributed by atoms with E-state index in [-0.39, 0.29) is 0 Å². The highest BCUT2D eigenvalue weighted by molar-refractivity contribution is 5.75. The number of hydrogen-bond donors (Lipinski definition) is 0. The molecule has 0 N–H and O–H groups in total. The zero-order chi connectivity index (χ0) is 11.3. The quantitative estimate of drug-likeness (QED) is 0.551. The summed E-state index contributed by atoms with van der Waals surface area (Å²) < 4.78 is 0. The van der Waals surface area contributed by atoms with Crippen LogP contribution in [-0.4, -0.2) is 4.98 Å². The van der Waals surface area contributed by atoms with Gasteiger partial charge >= 0.3 is 0 Å². The van der Waals surface area contributed by atoms with Crippen LogP contribution in [-0.2, 0) is 6.42 Å². The Kier molecular flexibility index (Phi) is 1.90. The van der Waals surface area contributed by atoms with E-state index in [1.165, 1.54) is 33.5 Å². The monoisotopic (exact) mass is 209 g/mol. The molecule has 0 aliphatic heterocycles. The number of aromatic nitrogens is 1. The minimum atomic E-state index is 1.05. The summed E-state index contributed by atoms with van der Waals surface area (Å²) in [7, 11) is 0. The fourth-order valence-corrected chi connectivity index (χ4v) is 2.48. The lowest BCUT2D eigenvalue weighted by atomic mass is 10.0. The van der Waals surface area contributed by atoms with Crippen molar-refractivity contribution in [1.29, 1.82) is 0 Å². The Morgan fingerprint density at radius 1 is 1.06 bits per heavy atom. The average Bonchev–Trinajstić information content (AvgIpc) is 2.59. The number of pyridine rings is 1. The van der Waals surface area contributed by atoms with Gasteiger partial charge in [0.1, 0.15) is 0 Å². The molecule has 2 aromatic rings. The number of rotatable bonds is 0. The Hall–Kier alpha value is -1.63. The highest BCUT2D eigenvalue weighted by Crippen LogP contribution is 2.37. The van der Waals surface area contributed by atoms with Crippen molar-refractivity contribution in [1.82, 2.24) is 4.98 Å². The van der Waals surface area contributed by atoms with Crippen LogP contribution in [0.1, 0.15) is 27.9 Å².